The highest BCUT2D eigenvalue weighted by atomic mass is 32.2. The number of halogens is 1. The first-order valence-electron chi connectivity index (χ1n) is 4.59. The lowest BCUT2D eigenvalue weighted by Gasteiger charge is -2.01. The largest absolute Gasteiger partial charge is 0.228 e. The Balaban J connectivity index is 2.73. The first-order chi connectivity index (χ1) is 7.03. The molecule has 0 radical (unpaired) electrons. The van der Waals surface area contributed by atoms with Gasteiger partial charge in [-0.2, -0.15) is 0 Å². The molecule has 0 aliphatic carbocycles. The average Bonchev–Trinajstić information content (AvgIpc) is 2.18. The number of hydrogen-bond donors (Lipinski definition) is 0. The third-order valence-corrected chi connectivity index (χ3v) is 3.36. The van der Waals surface area contributed by atoms with Crippen LogP contribution in [0.2, 0.25) is 0 Å². The van der Waals surface area contributed by atoms with E-state index < -0.39 is 9.84 Å². The van der Waals surface area contributed by atoms with E-state index in [0.29, 0.717) is 5.56 Å². The fraction of sp³-hybridized carbons (Fsp3) is 0.273. The average molecular weight is 228 g/mol. The summed E-state index contributed by atoms with van der Waals surface area (Å²) in [5.41, 5.74) is 0.612. The van der Waals surface area contributed by atoms with E-state index in [1.807, 2.05) is 0 Å². The molecule has 0 saturated heterocycles. The van der Waals surface area contributed by atoms with Crippen LogP contribution in [-0.4, -0.2) is 14.2 Å². The molecule has 0 amide bonds. The Hall–Kier alpha value is -1.16. The molecular weight excluding hydrogens is 215 g/mol. The normalized spacial score (nSPS) is 12.1. The Morgan fingerprint density at radius 1 is 1.27 bits per heavy atom. The molecule has 0 N–H and O–H groups in total. The maximum atomic E-state index is 12.6. The first-order valence-corrected chi connectivity index (χ1v) is 6.41. The zero-order chi connectivity index (χ0) is 11.3. The van der Waals surface area contributed by atoms with Gasteiger partial charge in [0.25, 0.3) is 0 Å². The van der Waals surface area contributed by atoms with E-state index >= 15 is 0 Å². The van der Waals surface area contributed by atoms with E-state index in [1.165, 1.54) is 24.3 Å². The predicted molar refractivity (Wildman–Crippen MR) is 58.7 cm³/mol. The van der Waals surface area contributed by atoms with Crippen LogP contribution in [0.25, 0.3) is 0 Å². The second kappa shape index (κ2) is 5.07. The molecule has 15 heavy (non-hydrogen) atoms. The van der Waals surface area contributed by atoms with Gasteiger partial charge in [-0.05, 0) is 24.6 Å². The fourth-order valence-electron chi connectivity index (χ4n) is 1.14. The minimum Gasteiger partial charge on any atom is -0.228 e. The minimum atomic E-state index is -3.12. The molecular formula is C11H13FO2S. The van der Waals surface area contributed by atoms with Crippen LogP contribution < -0.4 is 0 Å². The van der Waals surface area contributed by atoms with Crippen LogP contribution in [0, 0.1) is 5.82 Å². The van der Waals surface area contributed by atoms with Crippen molar-refractivity contribution in [1.29, 1.82) is 0 Å². The molecule has 1 aromatic rings. The van der Waals surface area contributed by atoms with E-state index in [9.17, 15) is 12.8 Å². The first kappa shape index (κ1) is 11.9. The van der Waals surface area contributed by atoms with Crippen molar-refractivity contribution in [1.82, 2.24) is 0 Å². The molecule has 0 fully saturated rings. The number of benzene rings is 1. The van der Waals surface area contributed by atoms with Crippen molar-refractivity contribution in [2.45, 2.75) is 12.7 Å². The summed E-state index contributed by atoms with van der Waals surface area (Å²) in [6.45, 7) is 1.77. The Bertz CT molecular complexity index is 432. The van der Waals surface area contributed by atoms with Gasteiger partial charge in [0.05, 0.1) is 11.5 Å². The molecule has 0 spiro atoms. The third-order valence-electron chi connectivity index (χ3n) is 1.89. The van der Waals surface area contributed by atoms with Gasteiger partial charge in [0, 0.05) is 0 Å². The second-order valence-electron chi connectivity index (χ2n) is 3.25. The van der Waals surface area contributed by atoms with Crippen molar-refractivity contribution < 1.29 is 12.8 Å². The predicted octanol–water partition coefficient (Wildman–Crippen LogP) is 2.32. The van der Waals surface area contributed by atoms with Crippen LogP contribution >= 0.6 is 0 Å². The zero-order valence-electron chi connectivity index (χ0n) is 8.48. The number of hydrogen-bond acceptors (Lipinski definition) is 2. The Morgan fingerprint density at radius 2 is 1.87 bits per heavy atom. The van der Waals surface area contributed by atoms with Crippen molar-refractivity contribution in [3.63, 3.8) is 0 Å². The summed E-state index contributed by atoms with van der Waals surface area (Å²) >= 11 is 0. The molecule has 0 aliphatic rings. The van der Waals surface area contributed by atoms with Gasteiger partial charge in [0.1, 0.15) is 5.82 Å². The summed E-state index contributed by atoms with van der Waals surface area (Å²) in [6.07, 6.45) is 3.29. The van der Waals surface area contributed by atoms with E-state index in [1.54, 1.807) is 19.1 Å². The summed E-state index contributed by atoms with van der Waals surface area (Å²) in [5, 5.41) is 0. The molecule has 2 nitrogen and oxygen atoms in total. The van der Waals surface area contributed by atoms with Gasteiger partial charge in [-0.25, -0.2) is 12.8 Å². The summed E-state index contributed by atoms with van der Waals surface area (Å²) in [4.78, 5) is 0. The van der Waals surface area contributed by atoms with Crippen LogP contribution in [0.4, 0.5) is 4.39 Å². The molecule has 1 aromatic carbocycles. The maximum absolute atomic E-state index is 12.6. The van der Waals surface area contributed by atoms with E-state index in [2.05, 4.69) is 0 Å². The molecule has 82 valence electrons. The molecule has 0 aromatic heterocycles. The van der Waals surface area contributed by atoms with Crippen LogP contribution in [0.3, 0.4) is 0 Å². The fourth-order valence-corrected chi connectivity index (χ4v) is 2.44. The number of rotatable bonds is 4. The second-order valence-corrected chi connectivity index (χ2v) is 5.36. The van der Waals surface area contributed by atoms with E-state index in [4.69, 9.17) is 0 Å². The van der Waals surface area contributed by atoms with E-state index in [0.717, 1.165) is 0 Å². The van der Waals surface area contributed by atoms with Crippen molar-refractivity contribution >= 4 is 9.84 Å². The molecule has 0 heterocycles. The van der Waals surface area contributed by atoms with E-state index in [-0.39, 0.29) is 17.3 Å². The molecule has 4 heteroatoms. The highest BCUT2D eigenvalue weighted by Crippen LogP contribution is 2.08. The van der Waals surface area contributed by atoms with Gasteiger partial charge in [0.15, 0.2) is 9.84 Å². The monoisotopic (exact) mass is 228 g/mol. The third kappa shape index (κ3) is 4.25. The van der Waals surface area contributed by atoms with Crippen molar-refractivity contribution in [3.8, 4) is 0 Å². The van der Waals surface area contributed by atoms with Crippen LogP contribution in [0.5, 0.6) is 0 Å². The van der Waals surface area contributed by atoms with Crippen molar-refractivity contribution in [2.75, 3.05) is 5.75 Å². The zero-order valence-corrected chi connectivity index (χ0v) is 9.30. The van der Waals surface area contributed by atoms with Gasteiger partial charge in [-0.15, -0.1) is 0 Å². The summed E-state index contributed by atoms with van der Waals surface area (Å²) in [6, 6.07) is 5.51. The Kier molecular flexibility index (Phi) is 4.03. The Labute approximate surface area is 89.4 Å². The summed E-state index contributed by atoms with van der Waals surface area (Å²) < 4.78 is 35.6. The number of allylic oxidation sites excluding steroid dienone is 1. The van der Waals surface area contributed by atoms with Gasteiger partial charge >= 0.3 is 0 Å². The lowest BCUT2D eigenvalue weighted by Crippen LogP contribution is -2.07. The lowest BCUT2D eigenvalue weighted by atomic mass is 10.2. The molecule has 0 bridgehead atoms. The summed E-state index contributed by atoms with van der Waals surface area (Å²) in [5.74, 6) is -0.372. The SMILES string of the molecule is C/C=C/CS(=O)(=O)Cc1ccc(F)cc1. The van der Waals surface area contributed by atoms with Crippen LogP contribution in [-0.2, 0) is 15.6 Å². The highest BCUT2D eigenvalue weighted by molar-refractivity contribution is 7.90. The Morgan fingerprint density at radius 3 is 2.40 bits per heavy atom. The highest BCUT2D eigenvalue weighted by Gasteiger charge is 2.09. The molecule has 0 aliphatic heterocycles. The smallest absolute Gasteiger partial charge is 0.157 e. The van der Waals surface area contributed by atoms with Gasteiger partial charge < -0.3 is 0 Å². The molecule has 0 saturated carbocycles. The minimum absolute atomic E-state index is 0.0286. The van der Waals surface area contributed by atoms with Crippen molar-refractivity contribution in [2.24, 2.45) is 0 Å². The topological polar surface area (TPSA) is 34.1 Å². The van der Waals surface area contributed by atoms with Gasteiger partial charge in [0.2, 0.25) is 0 Å². The van der Waals surface area contributed by atoms with Crippen LogP contribution in [0.15, 0.2) is 36.4 Å². The quantitative estimate of drug-likeness (QED) is 0.741. The number of sulfone groups is 1. The standard InChI is InChI=1S/C11H13FO2S/c1-2-3-8-15(13,14)9-10-4-6-11(12)7-5-10/h2-7H,8-9H2,1H3/b3-2+. The van der Waals surface area contributed by atoms with Crippen molar-refractivity contribution in [3.05, 3.63) is 47.8 Å². The lowest BCUT2D eigenvalue weighted by molar-refractivity contribution is 0.597. The molecule has 0 atom stereocenters. The molecule has 1 rings (SSSR count). The van der Waals surface area contributed by atoms with Gasteiger partial charge in [-0.3, -0.25) is 0 Å². The maximum Gasteiger partial charge on any atom is 0.157 e. The summed E-state index contributed by atoms with van der Waals surface area (Å²) in [7, 11) is -3.12. The van der Waals surface area contributed by atoms with Gasteiger partial charge in [-0.1, -0.05) is 24.3 Å². The molecule has 0 unspecified atom stereocenters. The van der Waals surface area contributed by atoms with Crippen LogP contribution in [0.1, 0.15) is 12.5 Å².